The second-order valence-electron chi connectivity index (χ2n) is 12.3. The second-order valence-corrected chi connectivity index (χ2v) is 12.3. The molecule has 6 atom stereocenters. The number of benzene rings is 1. The predicted molar refractivity (Wildman–Crippen MR) is 161 cm³/mol. The summed E-state index contributed by atoms with van der Waals surface area (Å²) < 4.78 is 22.2. The molecule has 0 unspecified atom stereocenters. The van der Waals surface area contributed by atoms with Gasteiger partial charge in [-0.3, -0.25) is 9.59 Å². The molecule has 1 aromatic carbocycles. The number of carbonyl (C=O) groups excluding carboxylic acids is 4. The van der Waals surface area contributed by atoms with E-state index in [-0.39, 0.29) is 25.4 Å². The van der Waals surface area contributed by atoms with Gasteiger partial charge in [0.15, 0.2) is 5.60 Å². The fourth-order valence-electron chi connectivity index (χ4n) is 5.92. The first-order chi connectivity index (χ1) is 20.9. The molecule has 0 aliphatic carbocycles. The van der Waals surface area contributed by atoms with Gasteiger partial charge in [-0.1, -0.05) is 51.1 Å². The van der Waals surface area contributed by atoms with Crippen molar-refractivity contribution in [3.8, 4) is 11.3 Å². The number of rotatable bonds is 5. The highest BCUT2D eigenvalue weighted by Crippen LogP contribution is 2.35. The summed E-state index contributed by atoms with van der Waals surface area (Å²) in [6, 6.07) is 10.7. The summed E-state index contributed by atoms with van der Waals surface area (Å²) in [5.41, 5.74) is 0.411. The third kappa shape index (κ3) is 8.21. The van der Waals surface area contributed by atoms with Gasteiger partial charge in [0.05, 0.1) is 17.7 Å². The van der Waals surface area contributed by atoms with Gasteiger partial charge in [-0.05, 0) is 63.3 Å². The SMILES string of the molecule is C[C@@H]1CCC[C@](C)(OC(=O)OC/C=C/c2ccc(-c3cccnn3)cc2)C[C@@H](C)C(=O)[C@H](C)[C@H]2NC(=O)O[C@]2(C)COC1=O. The van der Waals surface area contributed by atoms with Crippen LogP contribution in [0, 0.1) is 17.8 Å². The van der Waals surface area contributed by atoms with Crippen LogP contribution < -0.4 is 5.32 Å². The van der Waals surface area contributed by atoms with E-state index in [9.17, 15) is 19.2 Å². The molecule has 2 aliphatic heterocycles. The maximum absolute atomic E-state index is 13.5. The number of Topliss-reactive ketones (excluding diaryl/α,β-unsaturated/α-hetero) is 1. The molecule has 4 rings (SSSR count). The molecule has 11 heteroatoms. The Labute approximate surface area is 257 Å². The molecular weight excluding hydrogens is 566 g/mol. The lowest BCUT2D eigenvalue weighted by Crippen LogP contribution is -2.52. The van der Waals surface area contributed by atoms with Gasteiger partial charge in [0.25, 0.3) is 0 Å². The number of carbonyl (C=O) groups is 4. The fraction of sp³-hybridized carbons (Fsp3) is 0.515. The van der Waals surface area contributed by atoms with Gasteiger partial charge >= 0.3 is 18.2 Å². The molecule has 0 radical (unpaired) electrons. The van der Waals surface area contributed by atoms with Gasteiger partial charge in [0.2, 0.25) is 0 Å². The van der Waals surface area contributed by atoms with Gasteiger partial charge in [-0.2, -0.15) is 10.2 Å². The fourth-order valence-corrected chi connectivity index (χ4v) is 5.92. The second kappa shape index (κ2) is 14.0. The molecule has 0 spiro atoms. The third-order valence-electron chi connectivity index (χ3n) is 8.39. The Kier molecular flexibility index (Phi) is 10.4. The first-order valence-electron chi connectivity index (χ1n) is 15.0. The third-order valence-corrected chi connectivity index (χ3v) is 8.39. The smallest absolute Gasteiger partial charge is 0.461 e. The van der Waals surface area contributed by atoms with Crippen LogP contribution in [0.25, 0.3) is 17.3 Å². The Morgan fingerprint density at radius 1 is 1.09 bits per heavy atom. The van der Waals surface area contributed by atoms with Crippen LogP contribution >= 0.6 is 0 Å². The number of ether oxygens (including phenoxy) is 4. The Balaban J connectivity index is 1.39. The molecule has 0 bridgehead atoms. The first-order valence-corrected chi connectivity index (χ1v) is 15.0. The van der Waals surface area contributed by atoms with Crippen molar-refractivity contribution >= 4 is 30.1 Å². The maximum atomic E-state index is 13.5. The van der Waals surface area contributed by atoms with E-state index < -0.39 is 53.2 Å². The topological polar surface area (TPSA) is 143 Å². The summed E-state index contributed by atoms with van der Waals surface area (Å²) in [7, 11) is 0. The molecule has 2 saturated heterocycles. The van der Waals surface area contributed by atoms with E-state index in [1.807, 2.05) is 42.5 Å². The Bertz CT molecular complexity index is 1360. The number of aromatic nitrogens is 2. The van der Waals surface area contributed by atoms with E-state index in [2.05, 4.69) is 15.5 Å². The lowest BCUT2D eigenvalue weighted by atomic mass is 9.78. The number of ketones is 1. The van der Waals surface area contributed by atoms with Crippen molar-refractivity contribution < 1.29 is 38.1 Å². The van der Waals surface area contributed by atoms with Crippen molar-refractivity contribution in [1.82, 2.24) is 15.5 Å². The lowest BCUT2D eigenvalue weighted by molar-refractivity contribution is -0.155. The zero-order chi connectivity index (χ0) is 31.9. The van der Waals surface area contributed by atoms with Crippen LogP contribution in [-0.4, -0.2) is 64.7 Å². The van der Waals surface area contributed by atoms with Gasteiger partial charge in [0.1, 0.15) is 24.6 Å². The summed E-state index contributed by atoms with van der Waals surface area (Å²) >= 11 is 0. The van der Waals surface area contributed by atoms with Gasteiger partial charge in [-0.15, -0.1) is 0 Å². The highest BCUT2D eigenvalue weighted by Gasteiger charge is 2.51. The van der Waals surface area contributed by atoms with Crippen LogP contribution in [0.1, 0.15) is 65.9 Å². The van der Waals surface area contributed by atoms with Crippen molar-refractivity contribution in [3.05, 3.63) is 54.2 Å². The van der Waals surface area contributed by atoms with Crippen molar-refractivity contribution in [2.75, 3.05) is 13.2 Å². The highest BCUT2D eigenvalue weighted by molar-refractivity contribution is 5.85. The number of esters is 1. The lowest BCUT2D eigenvalue weighted by Gasteiger charge is -2.35. The van der Waals surface area contributed by atoms with E-state index in [4.69, 9.17) is 18.9 Å². The minimum Gasteiger partial charge on any atom is -0.461 e. The maximum Gasteiger partial charge on any atom is 0.509 e. The van der Waals surface area contributed by atoms with Gasteiger partial charge in [0, 0.05) is 23.6 Å². The summed E-state index contributed by atoms with van der Waals surface area (Å²) in [6.07, 6.45) is 5.36. The first kappa shape index (κ1) is 32.6. The van der Waals surface area contributed by atoms with Gasteiger partial charge in [-0.25, -0.2) is 9.59 Å². The molecule has 2 fully saturated rings. The quantitative estimate of drug-likeness (QED) is 0.340. The van der Waals surface area contributed by atoms with Crippen molar-refractivity contribution in [3.63, 3.8) is 0 Å². The van der Waals surface area contributed by atoms with Crippen LogP contribution in [0.4, 0.5) is 9.59 Å². The normalized spacial score (nSPS) is 30.0. The van der Waals surface area contributed by atoms with E-state index in [0.717, 1.165) is 16.8 Å². The van der Waals surface area contributed by atoms with Crippen molar-refractivity contribution in [2.24, 2.45) is 17.8 Å². The molecule has 1 amide bonds. The number of amides is 1. The molecular formula is C33H41N3O8. The Hall–Kier alpha value is -4.28. The monoisotopic (exact) mass is 607 g/mol. The van der Waals surface area contributed by atoms with Crippen molar-refractivity contribution in [2.45, 2.75) is 77.5 Å². The summed E-state index contributed by atoms with van der Waals surface area (Å²) in [5, 5.41) is 10.7. The van der Waals surface area contributed by atoms with Crippen molar-refractivity contribution in [1.29, 1.82) is 0 Å². The number of hydrogen-bond acceptors (Lipinski definition) is 10. The highest BCUT2D eigenvalue weighted by atomic mass is 16.7. The van der Waals surface area contributed by atoms with E-state index in [1.165, 1.54) is 0 Å². The standard InChI is InChI=1S/C33H41N3O8/c1-21-9-6-16-32(4,19-22(2)27(37)23(3)28-33(5,20-42-29(21)38)43-30(39)35-28)44-31(40)41-18-8-10-24-12-14-25(15-13-24)26-11-7-17-34-36-26/h7-8,10-15,17,21-23,28H,6,9,16,18-20H2,1-5H3,(H,35,39)/b10-8+/t21-,22-,23+,28-,32+,33-/m1/s1. The van der Waals surface area contributed by atoms with E-state index in [0.29, 0.717) is 19.3 Å². The van der Waals surface area contributed by atoms with E-state index in [1.54, 1.807) is 46.9 Å². The number of fused-ring (bicyclic) bond motifs is 1. The van der Waals surface area contributed by atoms with Crippen LogP contribution in [0.15, 0.2) is 48.7 Å². The molecule has 236 valence electrons. The average Bonchev–Trinajstić information content (AvgIpc) is 3.31. The van der Waals surface area contributed by atoms with E-state index >= 15 is 0 Å². The molecule has 1 aromatic heterocycles. The number of hydrogen-bond donors (Lipinski definition) is 1. The molecule has 0 saturated carbocycles. The Morgan fingerprint density at radius 2 is 1.84 bits per heavy atom. The zero-order valence-corrected chi connectivity index (χ0v) is 25.9. The van der Waals surface area contributed by atoms with Crippen LogP contribution in [0.5, 0.6) is 0 Å². The number of nitrogens with zero attached hydrogens (tertiary/aromatic N) is 2. The summed E-state index contributed by atoms with van der Waals surface area (Å²) in [5.74, 6) is -2.11. The van der Waals surface area contributed by atoms with Crippen LogP contribution in [0.3, 0.4) is 0 Å². The summed E-state index contributed by atoms with van der Waals surface area (Å²) in [4.78, 5) is 51.2. The molecule has 3 heterocycles. The number of cyclic esters (lactones) is 1. The minimum absolute atomic E-state index is 0.00478. The summed E-state index contributed by atoms with van der Waals surface area (Å²) in [6.45, 7) is 8.54. The average molecular weight is 608 g/mol. The van der Waals surface area contributed by atoms with Crippen LogP contribution in [-0.2, 0) is 28.5 Å². The largest absolute Gasteiger partial charge is 0.509 e. The van der Waals surface area contributed by atoms with Crippen LogP contribution in [0.2, 0.25) is 0 Å². The molecule has 2 aliphatic rings. The number of alkyl carbamates (subject to hydrolysis) is 1. The molecule has 11 nitrogen and oxygen atoms in total. The number of nitrogens with one attached hydrogen (secondary N) is 1. The molecule has 1 N–H and O–H groups in total. The van der Waals surface area contributed by atoms with Gasteiger partial charge < -0.3 is 24.3 Å². The molecule has 44 heavy (non-hydrogen) atoms. The minimum atomic E-state index is -1.19. The predicted octanol–water partition coefficient (Wildman–Crippen LogP) is 5.53. The Morgan fingerprint density at radius 3 is 2.55 bits per heavy atom. The molecule has 2 aromatic rings. The zero-order valence-electron chi connectivity index (χ0n) is 25.9.